The standard InChI is InChI=1S/C65H71N/c1-41-19-27-56(43(3)31-41)59-36-47-14-11-13-46(33-47)35-53(34-45-21-23-49(24-22-45)48-15-9-8-10-16-48)50-17-12-18-55(39-50)66(61-30-20-42(2)32-44(61)4)62-40-60(59)57-28-25-51-37-54(65(5,6)7)38-52-26-29-58(62)64(57)63(51)52/h8-9,11,13-15,17,19-21,23,25-26,28-31,35,37-40,42,46,56,58-59,62H,10,12,16,18,22,24,27,32-34,36H2,1-7H3. The van der Waals surface area contributed by atoms with E-state index in [1.807, 2.05) is 0 Å². The Bertz CT molecular complexity index is 2870. The van der Waals surface area contributed by atoms with E-state index in [1.54, 1.807) is 22.3 Å². The van der Waals surface area contributed by atoms with Crippen LogP contribution in [0.1, 0.15) is 147 Å². The van der Waals surface area contributed by atoms with Crippen LogP contribution in [-0.2, 0) is 5.41 Å². The zero-order valence-corrected chi connectivity index (χ0v) is 40.9. The van der Waals surface area contributed by atoms with Gasteiger partial charge in [0.05, 0.1) is 6.04 Å². The molecule has 2 aromatic carbocycles. The van der Waals surface area contributed by atoms with Crippen LogP contribution in [0.25, 0.3) is 22.4 Å². The van der Waals surface area contributed by atoms with E-state index in [1.165, 1.54) is 84.3 Å². The molecule has 6 bridgehead atoms. The van der Waals surface area contributed by atoms with Crippen LogP contribution in [0.4, 0.5) is 0 Å². The Balaban J connectivity index is 1.12. The maximum absolute atomic E-state index is 2.88. The van der Waals surface area contributed by atoms with Crippen LogP contribution in [0, 0.1) is 23.7 Å². The normalized spacial score (nSPS) is 28.3. The van der Waals surface area contributed by atoms with Gasteiger partial charge in [0.1, 0.15) is 0 Å². The Morgan fingerprint density at radius 1 is 0.758 bits per heavy atom. The maximum Gasteiger partial charge on any atom is 0.0628 e. The van der Waals surface area contributed by atoms with Gasteiger partial charge in [0.2, 0.25) is 0 Å². The van der Waals surface area contributed by atoms with Gasteiger partial charge < -0.3 is 4.90 Å². The molecule has 9 aliphatic rings. The monoisotopic (exact) mass is 866 g/mol. The third-order valence-electron chi connectivity index (χ3n) is 16.7. The molecule has 0 aromatic heterocycles. The van der Waals surface area contributed by atoms with Crippen LogP contribution in [0.5, 0.6) is 0 Å². The number of rotatable bonds is 5. The third kappa shape index (κ3) is 8.13. The molecule has 0 N–H and O–H groups in total. The molecule has 0 radical (unpaired) electrons. The van der Waals surface area contributed by atoms with Gasteiger partial charge in [-0.2, -0.15) is 0 Å². The zero-order chi connectivity index (χ0) is 45.3. The van der Waals surface area contributed by atoms with E-state index in [2.05, 4.69) is 187 Å². The van der Waals surface area contributed by atoms with Crippen molar-refractivity contribution >= 4 is 22.4 Å². The first kappa shape index (κ1) is 43.2. The van der Waals surface area contributed by atoms with E-state index in [0.29, 0.717) is 23.7 Å². The first-order chi connectivity index (χ1) is 31.9. The Morgan fingerprint density at radius 2 is 1.64 bits per heavy atom. The molecule has 0 saturated heterocycles. The highest BCUT2D eigenvalue weighted by Crippen LogP contribution is 2.54. The van der Waals surface area contributed by atoms with Gasteiger partial charge in [-0.15, -0.1) is 0 Å². The van der Waals surface area contributed by atoms with Crippen LogP contribution in [-0.4, -0.2) is 10.9 Å². The van der Waals surface area contributed by atoms with Crippen LogP contribution < -0.4 is 0 Å². The Morgan fingerprint density at radius 3 is 2.42 bits per heavy atom. The van der Waals surface area contributed by atoms with Crippen molar-refractivity contribution in [3.63, 3.8) is 0 Å². The average Bonchev–Trinajstić information content (AvgIpc) is 3.31. The molecule has 66 heavy (non-hydrogen) atoms. The van der Waals surface area contributed by atoms with E-state index in [-0.39, 0.29) is 17.4 Å². The zero-order valence-electron chi connectivity index (χ0n) is 40.9. The maximum atomic E-state index is 2.88. The summed E-state index contributed by atoms with van der Waals surface area (Å²) in [7, 11) is 0. The SMILES string of the molecule is CC1=CCC(C2CC3=CC=CC(C=C(CC4=CC=C(C5=CC=CCC5)CC4)C4=CCCC(=C4)N(C4=C(C)CC(C)C=C4)C4C=C2c2ccc5cc(C(C)(C)C)cc6c5c2C4C=C6)C3)C(C)=C1. The molecule has 6 unspecified atom stereocenters. The predicted molar refractivity (Wildman–Crippen MR) is 283 cm³/mol. The lowest BCUT2D eigenvalue weighted by Crippen LogP contribution is -2.41. The summed E-state index contributed by atoms with van der Waals surface area (Å²) in [6, 6.07) is 10.2. The van der Waals surface area contributed by atoms with Gasteiger partial charge in [0, 0.05) is 17.3 Å². The van der Waals surface area contributed by atoms with E-state index >= 15 is 0 Å². The molecule has 0 saturated carbocycles. The highest BCUT2D eigenvalue weighted by atomic mass is 15.2. The lowest BCUT2D eigenvalue weighted by atomic mass is 9.65. The predicted octanol–water partition coefficient (Wildman–Crippen LogP) is 17.5. The second-order valence-electron chi connectivity index (χ2n) is 22.5. The molecule has 336 valence electrons. The summed E-state index contributed by atoms with van der Waals surface area (Å²) in [6.45, 7) is 16.6. The van der Waals surface area contributed by atoms with Gasteiger partial charge in [-0.3, -0.25) is 0 Å². The minimum Gasteiger partial charge on any atom is -0.337 e. The first-order valence-corrected chi connectivity index (χ1v) is 25.7. The summed E-state index contributed by atoms with van der Waals surface area (Å²) in [5, 5.41) is 2.87. The molecule has 0 fully saturated rings. The summed E-state index contributed by atoms with van der Waals surface area (Å²) >= 11 is 0. The number of nitrogens with zero attached hydrogens (tertiary/aromatic N) is 1. The number of fused-ring (bicyclic) bond motifs is 6. The summed E-state index contributed by atoms with van der Waals surface area (Å²) < 4.78 is 0. The average molecular weight is 866 g/mol. The third-order valence-corrected chi connectivity index (χ3v) is 16.7. The molecule has 2 aromatic rings. The van der Waals surface area contributed by atoms with Gasteiger partial charge >= 0.3 is 0 Å². The van der Waals surface area contributed by atoms with Gasteiger partial charge in [-0.05, 0) is 199 Å². The molecular weight excluding hydrogens is 795 g/mol. The van der Waals surface area contributed by atoms with Crippen LogP contribution in [0.2, 0.25) is 0 Å². The largest absolute Gasteiger partial charge is 0.337 e. The summed E-state index contributed by atoms with van der Waals surface area (Å²) in [5.41, 5.74) is 24.0. The minimum absolute atomic E-state index is 0.0699. The van der Waals surface area contributed by atoms with Crippen molar-refractivity contribution in [2.45, 2.75) is 136 Å². The van der Waals surface area contributed by atoms with E-state index in [0.717, 1.165) is 64.2 Å². The topological polar surface area (TPSA) is 3.24 Å². The summed E-state index contributed by atoms with van der Waals surface area (Å²) in [5.74, 6) is 1.93. The fourth-order valence-electron chi connectivity index (χ4n) is 13.2. The molecule has 1 nitrogen and oxygen atoms in total. The minimum atomic E-state index is 0.0699. The van der Waals surface area contributed by atoms with E-state index in [9.17, 15) is 0 Å². The second kappa shape index (κ2) is 17.4. The van der Waals surface area contributed by atoms with Crippen molar-refractivity contribution in [1.29, 1.82) is 0 Å². The molecule has 1 heterocycles. The van der Waals surface area contributed by atoms with Crippen molar-refractivity contribution in [1.82, 2.24) is 4.90 Å². The molecule has 1 aliphatic heterocycles. The molecule has 8 aliphatic carbocycles. The highest BCUT2D eigenvalue weighted by molar-refractivity contribution is 6.00. The lowest BCUT2D eigenvalue weighted by molar-refractivity contribution is 0.325. The second-order valence-corrected chi connectivity index (χ2v) is 22.5. The summed E-state index contributed by atoms with van der Waals surface area (Å²) in [4.78, 5) is 2.88. The molecule has 0 spiro atoms. The van der Waals surface area contributed by atoms with Gasteiger partial charge in [0.15, 0.2) is 0 Å². The highest BCUT2D eigenvalue weighted by Gasteiger charge is 2.42. The Labute approximate surface area is 397 Å². The number of allylic oxidation sites excluding steroid dienone is 26. The molecule has 0 amide bonds. The molecular formula is C65H71N. The van der Waals surface area contributed by atoms with Crippen molar-refractivity contribution in [2.24, 2.45) is 23.7 Å². The quantitative estimate of drug-likeness (QED) is 0.289. The van der Waals surface area contributed by atoms with E-state index < -0.39 is 0 Å². The fourth-order valence-corrected chi connectivity index (χ4v) is 13.2. The van der Waals surface area contributed by atoms with Crippen molar-refractivity contribution in [3.05, 3.63) is 211 Å². The molecule has 6 atom stereocenters. The van der Waals surface area contributed by atoms with Crippen molar-refractivity contribution in [3.8, 4) is 0 Å². The van der Waals surface area contributed by atoms with Gasteiger partial charge in [-0.1, -0.05) is 171 Å². The number of hydrogen-bond donors (Lipinski definition) is 0. The fraction of sp³-hybridized carbons (Fsp3) is 0.385. The summed E-state index contributed by atoms with van der Waals surface area (Å²) in [6.07, 6.45) is 57.2. The van der Waals surface area contributed by atoms with E-state index in [4.69, 9.17) is 0 Å². The van der Waals surface area contributed by atoms with Crippen molar-refractivity contribution in [2.75, 3.05) is 0 Å². The lowest BCUT2D eigenvalue weighted by Gasteiger charge is -2.46. The van der Waals surface area contributed by atoms with Gasteiger partial charge in [0.25, 0.3) is 0 Å². The van der Waals surface area contributed by atoms with Crippen LogP contribution in [0.15, 0.2) is 189 Å². The first-order valence-electron chi connectivity index (χ1n) is 25.7. The van der Waals surface area contributed by atoms with Gasteiger partial charge in [-0.25, -0.2) is 0 Å². The van der Waals surface area contributed by atoms with Crippen molar-refractivity contribution < 1.29 is 0 Å². The number of hydrogen-bond acceptors (Lipinski definition) is 1. The Hall–Kier alpha value is -5.40. The molecule has 1 heteroatoms. The smallest absolute Gasteiger partial charge is 0.0628 e. The Kier molecular flexibility index (Phi) is 11.4. The van der Waals surface area contributed by atoms with Crippen LogP contribution >= 0.6 is 0 Å². The van der Waals surface area contributed by atoms with Crippen LogP contribution in [0.3, 0.4) is 0 Å². The molecule has 11 rings (SSSR count). The number of benzene rings is 2.